The van der Waals surface area contributed by atoms with Gasteiger partial charge in [-0.3, -0.25) is 9.59 Å². The third-order valence-corrected chi connectivity index (χ3v) is 4.75. The highest BCUT2D eigenvalue weighted by atomic mass is 127. The van der Waals surface area contributed by atoms with Crippen LogP contribution in [0.4, 0.5) is 5.69 Å². The largest absolute Gasteiger partial charge is 0.484 e. The lowest BCUT2D eigenvalue weighted by Crippen LogP contribution is -2.30. The molecule has 0 heterocycles. The van der Waals surface area contributed by atoms with Gasteiger partial charge < -0.3 is 15.0 Å². The number of ether oxygens (including phenoxy) is 1. The fourth-order valence-electron chi connectivity index (χ4n) is 2.32. The van der Waals surface area contributed by atoms with Crippen LogP contribution in [0, 0.1) is 3.57 Å². The lowest BCUT2D eigenvalue weighted by molar-refractivity contribution is -0.118. The molecule has 2 amide bonds. The molecule has 2 aromatic rings. The van der Waals surface area contributed by atoms with Crippen LogP contribution >= 0.6 is 34.2 Å². The maximum Gasteiger partial charge on any atom is 0.262 e. The van der Waals surface area contributed by atoms with Crippen LogP contribution in [0.15, 0.2) is 42.5 Å². The van der Waals surface area contributed by atoms with Gasteiger partial charge in [0.15, 0.2) is 6.61 Å². The van der Waals surface area contributed by atoms with E-state index in [1.54, 1.807) is 35.2 Å². The summed E-state index contributed by atoms with van der Waals surface area (Å²) in [5.74, 6) is 0.195. The van der Waals surface area contributed by atoms with Crippen molar-refractivity contribution in [2.24, 2.45) is 0 Å². The van der Waals surface area contributed by atoms with Crippen molar-refractivity contribution in [3.05, 3.63) is 56.6 Å². The zero-order valence-electron chi connectivity index (χ0n) is 14.6. The Labute approximate surface area is 171 Å². The highest BCUT2D eigenvalue weighted by Gasteiger charge is 2.16. The van der Waals surface area contributed by atoms with Crippen LogP contribution in [-0.4, -0.2) is 36.4 Å². The topological polar surface area (TPSA) is 58.6 Å². The van der Waals surface area contributed by atoms with Gasteiger partial charge in [-0.1, -0.05) is 11.6 Å². The van der Waals surface area contributed by atoms with Crippen LogP contribution in [-0.2, 0) is 4.79 Å². The molecule has 0 radical (unpaired) electrons. The molecule has 0 aliphatic rings. The highest BCUT2D eigenvalue weighted by molar-refractivity contribution is 14.1. The average molecular weight is 487 g/mol. The zero-order chi connectivity index (χ0) is 19.1. The van der Waals surface area contributed by atoms with E-state index >= 15 is 0 Å². The molecule has 0 spiro atoms. The number of nitrogens with zero attached hydrogens (tertiary/aromatic N) is 1. The Morgan fingerprint density at radius 3 is 2.35 bits per heavy atom. The van der Waals surface area contributed by atoms with E-state index < -0.39 is 0 Å². The third kappa shape index (κ3) is 5.60. The van der Waals surface area contributed by atoms with E-state index in [9.17, 15) is 9.59 Å². The minimum atomic E-state index is -0.303. The van der Waals surface area contributed by atoms with Gasteiger partial charge in [-0.15, -0.1) is 0 Å². The SMILES string of the molecule is CCN(CC)C(=O)c1ccc(NC(=O)COc2ccc(I)cc2)cc1Cl. The van der Waals surface area contributed by atoms with Crippen LogP contribution in [0.5, 0.6) is 5.75 Å². The van der Waals surface area contributed by atoms with E-state index in [0.29, 0.717) is 35.1 Å². The fraction of sp³-hybridized carbons (Fsp3) is 0.263. The predicted molar refractivity (Wildman–Crippen MR) is 112 cm³/mol. The van der Waals surface area contributed by atoms with Crippen LogP contribution in [0.25, 0.3) is 0 Å². The van der Waals surface area contributed by atoms with Crippen molar-refractivity contribution in [3.8, 4) is 5.75 Å². The van der Waals surface area contributed by atoms with Gasteiger partial charge in [0.05, 0.1) is 10.6 Å². The summed E-state index contributed by atoms with van der Waals surface area (Å²) < 4.78 is 6.53. The second kappa shape index (κ2) is 9.78. The van der Waals surface area contributed by atoms with Crippen molar-refractivity contribution in [1.29, 1.82) is 0 Å². The average Bonchev–Trinajstić information content (AvgIpc) is 2.62. The van der Waals surface area contributed by atoms with E-state index in [2.05, 4.69) is 27.9 Å². The number of amides is 2. The fourth-order valence-corrected chi connectivity index (χ4v) is 2.95. The van der Waals surface area contributed by atoms with E-state index in [1.165, 1.54) is 0 Å². The summed E-state index contributed by atoms with van der Waals surface area (Å²) in [6.45, 7) is 4.94. The molecular formula is C19H20ClIN2O3. The number of halogens is 2. The summed E-state index contributed by atoms with van der Waals surface area (Å²) in [5.41, 5.74) is 0.936. The van der Waals surface area contributed by atoms with Crippen molar-refractivity contribution in [3.63, 3.8) is 0 Å². The molecule has 138 valence electrons. The Kier molecular flexibility index (Phi) is 7.71. The minimum Gasteiger partial charge on any atom is -0.484 e. The molecule has 1 N–H and O–H groups in total. The highest BCUT2D eigenvalue weighted by Crippen LogP contribution is 2.22. The van der Waals surface area contributed by atoms with Crippen molar-refractivity contribution in [1.82, 2.24) is 4.90 Å². The van der Waals surface area contributed by atoms with Crippen molar-refractivity contribution in [2.75, 3.05) is 25.0 Å². The lowest BCUT2D eigenvalue weighted by Gasteiger charge is -2.19. The molecule has 0 fully saturated rings. The van der Waals surface area contributed by atoms with Gasteiger partial charge in [0.25, 0.3) is 11.8 Å². The molecule has 26 heavy (non-hydrogen) atoms. The van der Waals surface area contributed by atoms with Crippen molar-refractivity contribution in [2.45, 2.75) is 13.8 Å². The summed E-state index contributed by atoms with van der Waals surface area (Å²) in [6.07, 6.45) is 0. The lowest BCUT2D eigenvalue weighted by atomic mass is 10.1. The monoisotopic (exact) mass is 486 g/mol. The van der Waals surface area contributed by atoms with Gasteiger partial charge in [-0.05, 0) is 78.9 Å². The van der Waals surface area contributed by atoms with Crippen LogP contribution < -0.4 is 10.1 Å². The molecule has 5 nitrogen and oxygen atoms in total. The number of hydrogen-bond donors (Lipinski definition) is 1. The molecule has 0 bridgehead atoms. The molecule has 2 rings (SSSR count). The first-order valence-corrected chi connectivity index (χ1v) is 9.67. The third-order valence-electron chi connectivity index (χ3n) is 3.72. The van der Waals surface area contributed by atoms with Gasteiger partial charge in [0, 0.05) is 22.3 Å². The molecule has 0 atom stereocenters. The van der Waals surface area contributed by atoms with Crippen LogP contribution in [0.2, 0.25) is 5.02 Å². The quantitative estimate of drug-likeness (QED) is 0.589. The molecule has 0 unspecified atom stereocenters. The number of carbonyl (C=O) groups is 2. The standard InChI is InChI=1S/C19H20ClIN2O3/c1-3-23(4-2)19(25)16-10-7-14(11-17(16)20)22-18(24)12-26-15-8-5-13(21)6-9-15/h5-11H,3-4,12H2,1-2H3,(H,22,24). The normalized spacial score (nSPS) is 10.3. The minimum absolute atomic E-state index is 0.113. The first-order valence-electron chi connectivity index (χ1n) is 8.21. The number of anilines is 1. The Hall–Kier alpha value is -1.80. The molecule has 0 saturated carbocycles. The summed E-state index contributed by atoms with van der Waals surface area (Å²) >= 11 is 8.42. The van der Waals surface area contributed by atoms with Gasteiger partial charge in [0.1, 0.15) is 5.75 Å². The number of rotatable bonds is 7. The molecule has 0 aliphatic heterocycles. The summed E-state index contributed by atoms with van der Waals surface area (Å²) in [5, 5.41) is 3.02. The second-order valence-corrected chi connectivity index (χ2v) is 7.12. The maximum atomic E-state index is 12.4. The first-order chi connectivity index (χ1) is 12.4. The van der Waals surface area contributed by atoms with Gasteiger partial charge in [-0.25, -0.2) is 0 Å². The summed E-state index contributed by atoms with van der Waals surface area (Å²) in [6, 6.07) is 12.3. The van der Waals surface area contributed by atoms with Gasteiger partial charge in [0.2, 0.25) is 0 Å². The van der Waals surface area contributed by atoms with E-state index in [0.717, 1.165) is 3.57 Å². The van der Waals surface area contributed by atoms with E-state index in [4.69, 9.17) is 16.3 Å². The number of hydrogen-bond acceptors (Lipinski definition) is 3. The summed E-state index contributed by atoms with van der Waals surface area (Å²) in [4.78, 5) is 26.1. The second-order valence-electron chi connectivity index (χ2n) is 5.46. The summed E-state index contributed by atoms with van der Waals surface area (Å²) in [7, 11) is 0. The number of benzene rings is 2. The van der Waals surface area contributed by atoms with Crippen LogP contribution in [0.1, 0.15) is 24.2 Å². The van der Waals surface area contributed by atoms with Gasteiger partial charge >= 0.3 is 0 Å². The smallest absolute Gasteiger partial charge is 0.262 e. The number of nitrogens with one attached hydrogen (secondary N) is 1. The maximum absolute atomic E-state index is 12.4. The molecule has 0 aromatic heterocycles. The molecule has 0 saturated heterocycles. The van der Waals surface area contributed by atoms with E-state index in [1.807, 2.05) is 26.0 Å². The zero-order valence-corrected chi connectivity index (χ0v) is 17.5. The van der Waals surface area contributed by atoms with Crippen molar-refractivity contribution >= 4 is 51.7 Å². The molecule has 2 aromatic carbocycles. The predicted octanol–water partition coefficient (Wildman–Crippen LogP) is 4.44. The molecule has 7 heteroatoms. The van der Waals surface area contributed by atoms with E-state index in [-0.39, 0.29) is 18.4 Å². The van der Waals surface area contributed by atoms with Crippen molar-refractivity contribution < 1.29 is 14.3 Å². The molecule has 0 aliphatic carbocycles. The van der Waals surface area contributed by atoms with Crippen LogP contribution in [0.3, 0.4) is 0 Å². The Balaban J connectivity index is 1.97. The molecular weight excluding hydrogens is 467 g/mol. The Morgan fingerprint density at radius 2 is 1.77 bits per heavy atom. The van der Waals surface area contributed by atoms with Gasteiger partial charge in [-0.2, -0.15) is 0 Å². The Bertz CT molecular complexity index is 777. The first kappa shape index (κ1) is 20.5. The number of carbonyl (C=O) groups excluding carboxylic acids is 2. The Morgan fingerprint density at radius 1 is 1.12 bits per heavy atom.